The van der Waals surface area contributed by atoms with E-state index in [1.807, 2.05) is 11.0 Å². The van der Waals surface area contributed by atoms with E-state index in [4.69, 9.17) is 4.74 Å². The van der Waals surface area contributed by atoms with Crippen molar-refractivity contribution in [1.82, 2.24) is 14.4 Å². The molecule has 1 N–H and O–H groups in total. The summed E-state index contributed by atoms with van der Waals surface area (Å²) in [4.78, 5) is 31.0. The van der Waals surface area contributed by atoms with E-state index < -0.39 is 11.9 Å². The fourth-order valence-electron chi connectivity index (χ4n) is 5.96. The van der Waals surface area contributed by atoms with Gasteiger partial charge >= 0.3 is 0 Å². The minimum Gasteiger partial charge on any atom is -0.396 e. The Morgan fingerprint density at radius 2 is 1.91 bits per heavy atom. The molecule has 0 spiro atoms. The van der Waals surface area contributed by atoms with Gasteiger partial charge in [0.25, 0.3) is 5.56 Å². The lowest BCUT2D eigenvalue weighted by Crippen LogP contribution is -2.53. The fourth-order valence-corrected chi connectivity index (χ4v) is 5.96. The van der Waals surface area contributed by atoms with Crippen LogP contribution in [0.3, 0.4) is 0 Å². The van der Waals surface area contributed by atoms with Gasteiger partial charge in [-0.15, -0.1) is 0 Å². The summed E-state index contributed by atoms with van der Waals surface area (Å²) in [5.74, 6) is -0.712. The summed E-state index contributed by atoms with van der Waals surface area (Å²) in [5, 5.41) is 10.4. The highest BCUT2D eigenvalue weighted by atomic mass is 19.1. The van der Waals surface area contributed by atoms with Crippen LogP contribution in [-0.2, 0) is 16.1 Å². The Bertz CT molecular complexity index is 1100. The zero-order valence-corrected chi connectivity index (χ0v) is 18.8. The Hall–Kier alpha value is -2.55. The Labute approximate surface area is 192 Å². The van der Waals surface area contributed by atoms with Crippen LogP contribution < -0.4 is 5.56 Å². The molecule has 0 radical (unpaired) electrons. The molecule has 4 heterocycles. The van der Waals surface area contributed by atoms with Crippen LogP contribution in [-0.4, -0.2) is 70.9 Å². The predicted molar refractivity (Wildman–Crippen MR) is 121 cm³/mol. The summed E-state index contributed by atoms with van der Waals surface area (Å²) in [6.45, 7) is 5.24. The number of aliphatic hydroxyl groups excluding tert-OH is 1. The van der Waals surface area contributed by atoms with Crippen molar-refractivity contribution >= 4 is 5.91 Å². The number of fused-ring (bicyclic) bond motifs is 3. The maximum absolute atomic E-state index is 14.4. The molecule has 3 aliphatic heterocycles. The average Bonchev–Trinajstić information content (AvgIpc) is 3.36. The van der Waals surface area contributed by atoms with Gasteiger partial charge in [0.15, 0.2) is 0 Å². The number of aliphatic hydroxyl groups is 1. The van der Waals surface area contributed by atoms with Crippen LogP contribution in [0, 0.1) is 17.7 Å². The smallest absolute Gasteiger partial charge is 0.258 e. The van der Waals surface area contributed by atoms with E-state index in [0.717, 1.165) is 12.1 Å². The predicted octanol–water partition coefficient (Wildman–Crippen LogP) is 1.89. The number of ether oxygens (including phenoxy) is 1. The largest absolute Gasteiger partial charge is 0.396 e. The summed E-state index contributed by atoms with van der Waals surface area (Å²) in [6.07, 6.45) is 0.853. The van der Waals surface area contributed by atoms with Gasteiger partial charge in [-0.05, 0) is 31.2 Å². The molecule has 0 saturated carbocycles. The lowest BCUT2D eigenvalue weighted by atomic mass is 9.88. The van der Waals surface area contributed by atoms with Gasteiger partial charge in [0.2, 0.25) is 5.91 Å². The third kappa shape index (κ3) is 3.61. The SMILES string of the molecule is CCCN1[C@@H]2c3ccc(-c4ccccc4F)c(=O)n3C[C@@H]2[C@@H](CO)[C@@H]1C(=O)N1CCOCC1. The second kappa shape index (κ2) is 9.00. The van der Waals surface area contributed by atoms with Crippen molar-refractivity contribution in [2.24, 2.45) is 11.8 Å². The molecule has 0 unspecified atom stereocenters. The minimum absolute atomic E-state index is 0.0390. The minimum atomic E-state index is -0.426. The maximum Gasteiger partial charge on any atom is 0.258 e. The zero-order valence-electron chi connectivity index (χ0n) is 18.8. The van der Waals surface area contributed by atoms with Gasteiger partial charge in [0, 0.05) is 49.3 Å². The lowest BCUT2D eigenvalue weighted by molar-refractivity contribution is -0.142. The van der Waals surface area contributed by atoms with E-state index in [1.165, 1.54) is 6.07 Å². The van der Waals surface area contributed by atoms with Crippen LogP contribution in [0.2, 0.25) is 0 Å². The number of amides is 1. The molecule has 2 fully saturated rings. The van der Waals surface area contributed by atoms with Crippen molar-refractivity contribution in [3.63, 3.8) is 0 Å². The molecule has 7 nitrogen and oxygen atoms in total. The Morgan fingerprint density at radius 1 is 1.15 bits per heavy atom. The summed E-state index contributed by atoms with van der Waals surface area (Å²) in [6, 6.07) is 9.35. The number of nitrogens with zero attached hydrogens (tertiary/aromatic N) is 3. The van der Waals surface area contributed by atoms with Gasteiger partial charge in [0.05, 0.1) is 30.9 Å². The van der Waals surface area contributed by atoms with Crippen LogP contribution in [0.1, 0.15) is 25.1 Å². The third-order valence-electron chi connectivity index (χ3n) is 7.41. The first-order valence-electron chi connectivity index (χ1n) is 11.8. The first-order valence-corrected chi connectivity index (χ1v) is 11.8. The van der Waals surface area contributed by atoms with E-state index in [-0.39, 0.29) is 36.0 Å². The summed E-state index contributed by atoms with van der Waals surface area (Å²) < 4.78 is 21.5. The first kappa shape index (κ1) is 22.3. The second-order valence-electron chi connectivity index (χ2n) is 9.14. The lowest BCUT2D eigenvalue weighted by Gasteiger charge is -2.36. The van der Waals surface area contributed by atoms with Gasteiger partial charge in [-0.2, -0.15) is 0 Å². The molecule has 0 aliphatic carbocycles. The van der Waals surface area contributed by atoms with Gasteiger partial charge in [0.1, 0.15) is 5.82 Å². The number of halogens is 1. The van der Waals surface area contributed by atoms with Crippen molar-refractivity contribution in [1.29, 1.82) is 0 Å². The van der Waals surface area contributed by atoms with Crippen LogP contribution in [0.4, 0.5) is 4.39 Å². The third-order valence-corrected chi connectivity index (χ3v) is 7.41. The van der Waals surface area contributed by atoms with E-state index in [2.05, 4.69) is 11.8 Å². The van der Waals surface area contributed by atoms with Crippen molar-refractivity contribution in [2.75, 3.05) is 39.5 Å². The number of likely N-dealkylation sites (tertiary alicyclic amines) is 1. The number of hydrogen-bond donors (Lipinski definition) is 1. The average molecular weight is 456 g/mol. The zero-order chi connectivity index (χ0) is 23.1. The molecule has 1 amide bonds. The number of pyridine rings is 1. The molecule has 1 aromatic heterocycles. The molecule has 5 rings (SSSR count). The van der Waals surface area contributed by atoms with Crippen LogP contribution >= 0.6 is 0 Å². The summed E-state index contributed by atoms with van der Waals surface area (Å²) >= 11 is 0. The van der Waals surface area contributed by atoms with Gasteiger partial charge < -0.3 is 19.3 Å². The van der Waals surface area contributed by atoms with Crippen LogP contribution in [0.25, 0.3) is 11.1 Å². The summed E-state index contributed by atoms with van der Waals surface area (Å²) in [7, 11) is 0. The van der Waals surface area contributed by atoms with Crippen molar-refractivity contribution < 1.29 is 19.0 Å². The number of aromatic nitrogens is 1. The number of rotatable bonds is 5. The molecule has 2 saturated heterocycles. The van der Waals surface area contributed by atoms with E-state index >= 15 is 0 Å². The van der Waals surface area contributed by atoms with Gasteiger partial charge in [-0.3, -0.25) is 14.5 Å². The van der Waals surface area contributed by atoms with Crippen LogP contribution in [0.15, 0.2) is 41.2 Å². The molecule has 33 heavy (non-hydrogen) atoms. The standard InChI is InChI=1S/C25H30FN3O4/c1-2-9-28-22-18(19(15-30)23(28)25(32)27-10-12-33-13-11-27)14-29-21(22)8-7-17(24(29)31)16-5-3-4-6-20(16)26/h3-8,18-19,22-23,30H,2,9-15H2,1H3/t18-,19-,22+,23-/m1/s1. The Morgan fingerprint density at radius 3 is 2.61 bits per heavy atom. The molecule has 176 valence electrons. The molecule has 3 aliphatic rings. The molecule has 8 heteroatoms. The number of carbonyl (C=O) groups is 1. The van der Waals surface area contributed by atoms with Gasteiger partial charge in [-0.25, -0.2) is 4.39 Å². The van der Waals surface area contributed by atoms with Crippen molar-refractivity contribution in [3.8, 4) is 11.1 Å². The monoisotopic (exact) mass is 455 g/mol. The molecule has 1 aromatic carbocycles. The molecular formula is C25H30FN3O4. The Balaban J connectivity index is 1.54. The van der Waals surface area contributed by atoms with Crippen LogP contribution in [0.5, 0.6) is 0 Å². The normalized spacial score (nSPS) is 26.9. The fraction of sp³-hybridized carbons (Fsp3) is 0.520. The second-order valence-corrected chi connectivity index (χ2v) is 9.14. The van der Waals surface area contributed by atoms with E-state index in [1.54, 1.807) is 28.8 Å². The Kier molecular flexibility index (Phi) is 6.07. The topological polar surface area (TPSA) is 75.0 Å². The number of benzene rings is 1. The van der Waals surface area contributed by atoms with Gasteiger partial charge in [-0.1, -0.05) is 25.1 Å². The molecule has 0 bridgehead atoms. The number of morpholine rings is 1. The quantitative estimate of drug-likeness (QED) is 0.745. The highest BCUT2D eigenvalue weighted by molar-refractivity contribution is 5.83. The maximum atomic E-state index is 14.4. The molecule has 4 atom stereocenters. The highest BCUT2D eigenvalue weighted by Crippen LogP contribution is 2.49. The van der Waals surface area contributed by atoms with E-state index in [9.17, 15) is 19.1 Å². The first-order chi connectivity index (χ1) is 16.1. The summed E-state index contributed by atoms with van der Waals surface area (Å²) in [5.41, 5.74) is 1.24. The van der Waals surface area contributed by atoms with Crippen molar-refractivity contribution in [3.05, 3.63) is 58.3 Å². The van der Waals surface area contributed by atoms with Crippen molar-refractivity contribution in [2.45, 2.75) is 32.0 Å². The molecular weight excluding hydrogens is 425 g/mol. The van der Waals surface area contributed by atoms with E-state index in [0.29, 0.717) is 50.5 Å². The number of carbonyl (C=O) groups excluding carboxylic acids is 1. The number of hydrogen-bond acceptors (Lipinski definition) is 5. The highest BCUT2D eigenvalue weighted by Gasteiger charge is 2.56. The molecule has 2 aromatic rings.